The first-order valence-corrected chi connectivity index (χ1v) is 10.2. The van der Waals surface area contributed by atoms with Gasteiger partial charge in [-0.25, -0.2) is 4.98 Å². The average molecular weight is 387 g/mol. The van der Waals surface area contributed by atoms with E-state index in [9.17, 15) is 4.79 Å². The zero-order chi connectivity index (χ0) is 19.8. The normalized spacial score (nSPS) is 20.8. The summed E-state index contributed by atoms with van der Waals surface area (Å²) in [6.45, 7) is 4.68. The number of hydrogen-bond donors (Lipinski definition) is 0. The molecule has 1 atom stereocenters. The quantitative estimate of drug-likeness (QED) is 0.690. The zero-order valence-electron chi connectivity index (χ0n) is 16.7. The van der Waals surface area contributed by atoms with E-state index in [1.165, 1.54) is 5.56 Å². The number of hydrogen-bond acceptors (Lipinski definition) is 3. The topological polar surface area (TPSA) is 47.4 Å². The Kier molecular flexibility index (Phi) is 4.47. The lowest BCUT2D eigenvalue weighted by molar-refractivity contribution is -0.132. The van der Waals surface area contributed by atoms with E-state index in [0.29, 0.717) is 19.6 Å². The van der Waals surface area contributed by atoms with Gasteiger partial charge in [-0.3, -0.25) is 4.79 Å². The molecule has 148 valence electrons. The van der Waals surface area contributed by atoms with Crippen LogP contribution in [0.2, 0.25) is 0 Å². The fourth-order valence-electron chi connectivity index (χ4n) is 4.48. The third-order valence-corrected chi connectivity index (χ3v) is 6.23. The number of amides is 1. The van der Waals surface area contributed by atoms with Crippen molar-refractivity contribution < 1.29 is 9.53 Å². The molecule has 3 heterocycles. The van der Waals surface area contributed by atoms with Crippen molar-refractivity contribution in [1.82, 2.24) is 14.5 Å². The summed E-state index contributed by atoms with van der Waals surface area (Å²) in [4.78, 5) is 19.5. The van der Waals surface area contributed by atoms with Gasteiger partial charge in [0.2, 0.25) is 5.91 Å². The van der Waals surface area contributed by atoms with E-state index >= 15 is 0 Å². The number of benzene rings is 2. The first-order valence-electron chi connectivity index (χ1n) is 10.2. The summed E-state index contributed by atoms with van der Waals surface area (Å²) in [6.07, 6.45) is 3.25. The van der Waals surface area contributed by atoms with Crippen LogP contribution in [0.15, 0.2) is 60.8 Å². The van der Waals surface area contributed by atoms with Crippen LogP contribution in [0.25, 0.3) is 11.3 Å². The molecule has 1 spiro atoms. The zero-order valence-corrected chi connectivity index (χ0v) is 16.7. The van der Waals surface area contributed by atoms with E-state index in [4.69, 9.17) is 4.74 Å². The Morgan fingerprint density at radius 3 is 2.72 bits per heavy atom. The summed E-state index contributed by atoms with van der Waals surface area (Å²) >= 11 is 0. The van der Waals surface area contributed by atoms with Gasteiger partial charge in [0, 0.05) is 6.54 Å². The number of likely N-dealkylation sites (tertiary alicyclic amines) is 1. The molecule has 5 rings (SSSR count). The Bertz CT molecular complexity index is 1040. The molecular weight excluding hydrogens is 362 g/mol. The molecule has 0 aliphatic carbocycles. The Balaban J connectivity index is 1.33. The molecule has 0 saturated carbocycles. The minimum Gasteiger partial charge on any atom is -0.363 e. The Morgan fingerprint density at radius 2 is 1.90 bits per heavy atom. The summed E-state index contributed by atoms with van der Waals surface area (Å²) in [7, 11) is 0. The number of nitrogens with zero attached hydrogens (tertiary/aromatic N) is 3. The highest BCUT2D eigenvalue weighted by Crippen LogP contribution is 2.35. The molecule has 0 unspecified atom stereocenters. The highest BCUT2D eigenvalue weighted by molar-refractivity contribution is 5.79. The van der Waals surface area contributed by atoms with Gasteiger partial charge in [-0.05, 0) is 30.0 Å². The van der Waals surface area contributed by atoms with Crippen molar-refractivity contribution >= 4 is 5.91 Å². The minimum absolute atomic E-state index is 0.180. The van der Waals surface area contributed by atoms with E-state index in [1.54, 1.807) is 0 Å². The van der Waals surface area contributed by atoms with Crippen molar-refractivity contribution in [3.8, 4) is 11.3 Å². The molecule has 2 aliphatic rings. The van der Waals surface area contributed by atoms with E-state index in [1.807, 2.05) is 47.5 Å². The van der Waals surface area contributed by atoms with Crippen LogP contribution in [-0.2, 0) is 29.1 Å². The maximum Gasteiger partial charge on any atom is 0.227 e. The Labute approximate surface area is 170 Å². The number of carbonyl (C=O) groups is 1. The molecule has 1 aromatic heterocycles. The Hall–Kier alpha value is -2.92. The van der Waals surface area contributed by atoms with Crippen LogP contribution in [0.1, 0.15) is 23.4 Å². The van der Waals surface area contributed by atoms with Gasteiger partial charge in [-0.15, -0.1) is 0 Å². The molecule has 1 amide bonds. The summed E-state index contributed by atoms with van der Waals surface area (Å²) in [5, 5.41) is 0. The van der Waals surface area contributed by atoms with Crippen molar-refractivity contribution in [2.75, 3.05) is 13.1 Å². The molecule has 29 heavy (non-hydrogen) atoms. The fourth-order valence-corrected chi connectivity index (χ4v) is 4.48. The number of imidazole rings is 1. The third-order valence-electron chi connectivity index (χ3n) is 6.23. The molecule has 0 radical (unpaired) electrons. The number of fused-ring (bicyclic) bond motifs is 1. The van der Waals surface area contributed by atoms with Gasteiger partial charge in [0.25, 0.3) is 0 Å². The van der Waals surface area contributed by atoms with Crippen molar-refractivity contribution in [3.63, 3.8) is 0 Å². The first kappa shape index (κ1) is 18.1. The lowest BCUT2D eigenvalue weighted by Gasteiger charge is -2.35. The lowest BCUT2D eigenvalue weighted by atomic mass is 10.0. The minimum atomic E-state index is -0.321. The van der Waals surface area contributed by atoms with Crippen LogP contribution < -0.4 is 0 Å². The maximum absolute atomic E-state index is 12.9. The predicted molar refractivity (Wildman–Crippen MR) is 111 cm³/mol. The number of aromatic nitrogens is 2. The molecule has 2 aromatic carbocycles. The van der Waals surface area contributed by atoms with Gasteiger partial charge in [0.05, 0.1) is 31.4 Å². The van der Waals surface area contributed by atoms with Gasteiger partial charge >= 0.3 is 0 Å². The molecular formula is C24H25N3O2. The standard InChI is InChI=1S/C24H25N3O2/c1-18-7-5-6-10-20(18)13-23(28)26-12-11-24(16-26)17-27-21(14-25-22(27)15-29-24)19-8-3-2-4-9-19/h2-10,14H,11-13,15-17H2,1H3/t24-/m1/s1. The van der Waals surface area contributed by atoms with Crippen molar-refractivity contribution in [2.24, 2.45) is 0 Å². The second kappa shape index (κ2) is 7.16. The highest BCUT2D eigenvalue weighted by Gasteiger charge is 2.44. The van der Waals surface area contributed by atoms with Gasteiger partial charge in [0.1, 0.15) is 18.0 Å². The molecule has 3 aromatic rings. The fraction of sp³-hybridized carbons (Fsp3) is 0.333. The van der Waals surface area contributed by atoms with E-state index in [0.717, 1.165) is 42.2 Å². The average Bonchev–Trinajstić information content (AvgIpc) is 3.35. The van der Waals surface area contributed by atoms with Crippen LogP contribution in [0.3, 0.4) is 0 Å². The monoisotopic (exact) mass is 387 g/mol. The van der Waals surface area contributed by atoms with Crippen molar-refractivity contribution in [1.29, 1.82) is 0 Å². The second-order valence-electron chi connectivity index (χ2n) is 8.15. The predicted octanol–water partition coefficient (Wildman–Crippen LogP) is 3.60. The number of carbonyl (C=O) groups excluding carboxylic acids is 1. The molecule has 1 fully saturated rings. The number of aryl methyl sites for hydroxylation is 1. The molecule has 0 N–H and O–H groups in total. The largest absolute Gasteiger partial charge is 0.363 e. The first-order chi connectivity index (χ1) is 14.1. The lowest BCUT2D eigenvalue weighted by Crippen LogP contribution is -2.45. The Morgan fingerprint density at radius 1 is 1.10 bits per heavy atom. The molecule has 0 bridgehead atoms. The van der Waals surface area contributed by atoms with E-state index in [-0.39, 0.29) is 11.5 Å². The van der Waals surface area contributed by atoms with Crippen molar-refractivity contribution in [2.45, 2.75) is 38.5 Å². The SMILES string of the molecule is Cc1ccccc1CC(=O)N1CC[C@@]2(C1)Cn1c(-c3ccccc3)cnc1CO2. The molecule has 5 heteroatoms. The van der Waals surface area contributed by atoms with Crippen LogP contribution in [0.4, 0.5) is 0 Å². The highest BCUT2D eigenvalue weighted by atomic mass is 16.5. The van der Waals surface area contributed by atoms with Gasteiger partial charge in [0.15, 0.2) is 0 Å². The summed E-state index contributed by atoms with van der Waals surface area (Å²) in [5.74, 6) is 1.14. The summed E-state index contributed by atoms with van der Waals surface area (Å²) in [5.41, 5.74) is 4.23. The van der Waals surface area contributed by atoms with Crippen LogP contribution in [0, 0.1) is 6.92 Å². The van der Waals surface area contributed by atoms with Gasteiger partial charge in [-0.2, -0.15) is 0 Å². The maximum atomic E-state index is 12.9. The molecule has 1 saturated heterocycles. The summed E-state index contributed by atoms with van der Waals surface area (Å²) in [6, 6.07) is 18.4. The summed E-state index contributed by atoms with van der Waals surface area (Å²) < 4.78 is 8.55. The van der Waals surface area contributed by atoms with Crippen molar-refractivity contribution in [3.05, 3.63) is 77.7 Å². The van der Waals surface area contributed by atoms with Crippen LogP contribution in [-0.4, -0.2) is 39.0 Å². The smallest absolute Gasteiger partial charge is 0.227 e. The van der Waals surface area contributed by atoms with E-state index in [2.05, 4.69) is 34.7 Å². The number of rotatable bonds is 3. The van der Waals surface area contributed by atoms with Crippen LogP contribution in [0.5, 0.6) is 0 Å². The number of ether oxygens (including phenoxy) is 1. The third kappa shape index (κ3) is 3.36. The van der Waals surface area contributed by atoms with E-state index < -0.39 is 0 Å². The molecule has 5 nitrogen and oxygen atoms in total. The van der Waals surface area contributed by atoms with Gasteiger partial charge < -0.3 is 14.2 Å². The second-order valence-corrected chi connectivity index (χ2v) is 8.15. The van der Waals surface area contributed by atoms with Crippen LogP contribution >= 0.6 is 0 Å². The van der Waals surface area contributed by atoms with Gasteiger partial charge in [-0.1, -0.05) is 54.6 Å². The molecule has 2 aliphatic heterocycles.